The first kappa shape index (κ1) is 23.2. The number of aromatic hydroxyl groups is 1. The van der Waals surface area contributed by atoms with Gasteiger partial charge in [0.1, 0.15) is 17.5 Å². The van der Waals surface area contributed by atoms with Crippen LogP contribution in [0.1, 0.15) is 21.5 Å². The Kier molecular flexibility index (Phi) is 6.75. The first-order valence-corrected chi connectivity index (χ1v) is 11.6. The van der Waals surface area contributed by atoms with Crippen molar-refractivity contribution in [2.75, 3.05) is 19.5 Å². The molecule has 1 atom stereocenters. The predicted molar refractivity (Wildman–Crippen MR) is 126 cm³/mol. The van der Waals surface area contributed by atoms with E-state index < -0.39 is 29.5 Å². The highest BCUT2D eigenvalue weighted by atomic mass is 32.1. The standard InChI is InChI=1S/C21H19N5O6S2/c1-31-12-5-3-11(4-6-12)16-18(28)26(21(30)24-16)14(9-15-22-7-8-33-15)17(27)25-20-23-13(10-34-20)19(29)32-2/h3-8,10,14,28H,9H2,1-2H3,(H,24,30)(H,23,25,27). The molecule has 0 spiro atoms. The highest BCUT2D eigenvalue weighted by Crippen LogP contribution is 2.31. The lowest BCUT2D eigenvalue weighted by Gasteiger charge is -2.16. The zero-order valence-electron chi connectivity index (χ0n) is 18.0. The van der Waals surface area contributed by atoms with E-state index in [-0.39, 0.29) is 22.9 Å². The Balaban J connectivity index is 1.69. The van der Waals surface area contributed by atoms with Crippen molar-refractivity contribution in [1.82, 2.24) is 19.5 Å². The van der Waals surface area contributed by atoms with E-state index in [4.69, 9.17) is 4.74 Å². The number of benzene rings is 1. The Labute approximate surface area is 200 Å². The van der Waals surface area contributed by atoms with Crippen molar-refractivity contribution in [2.24, 2.45) is 0 Å². The van der Waals surface area contributed by atoms with E-state index in [0.717, 1.165) is 15.9 Å². The van der Waals surface area contributed by atoms with Crippen molar-refractivity contribution in [3.8, 4) is 22.9 Å². The summed E-state index contributed by atoms with van der Waals surface area (Å²) in [5.41, 5.74) is 0.0640. The Morgan fingerprint density at radius 1 is 1.24 bits per heavy atom. The highest BCUT2D eigenvalue weighted by molar-refractivity contribution is 7.14. The van der Waals surface area contributed by atoms with Crippen LogP contribution >= 0.6 is 22.7 Å². The molecule has 3 heterocycles. The fourth-order valence-corrected chi connectivity index (χ4v) is 4.56. The number of rotatable bonds is 8. The molecular weight excluding hydrogens is 482 g/mol. The van der Waals surface area contributed by atoms with Crippen molar-refractivity contribution in [3.63, 3.8) is 0 Å². The van der Waals surface area contributed by atoms with Gasteiger partial charge in [0.2, 0.25) is 11.8 Å². The number of hydrogen-bond donors (Lipinski definition) is 3. The number of H-pyrrole nitrogens is 1. The van der Waals surface area contributed by atoms with Crippen LogP contribution in [0.25, 0.3) is 11.3 Å². The van der Waals surface area contributed by atoms with E-state index in [2.05, 4.69) is 25.0 Å². The maximum absolute atomic E-state index is 13.2. The van der Waals surface area contributed by atoms with Gasteiger partial charge < -0.3 is 24.9 Å². The van der Waals surface area contributed by atoms with Gasteiger partial charge in [0.05, 0.1) is 19.2 Å². The van der Waals surface area contributed by atoms with Crippen molar-refractivity contribution < 1.29 is 24.2 Å². The summed E-state index contributed by atoms with van der Waals surface area (Å²) in [5.74, 6) is -1.04. The van der Waals surface area contributed by atoms with Gasteiger partial charge in [0, 0.05) is 28.9 Å². The predicted octanol–water partition coefficient (Wildman–Crippen LogP) is 2.68. The third-order valence-corrected chi connectivity index (χ3v) is 6.44. The van der Waals surface area contributed by atoms with Gasteiger partial charge in [-0.2, -0.15) is 0 Å². The fraction of sp³-hybridized carbons (Fsp3) is 0.190. The van der Waals surface area contributed by atoms with Gasteiger partial charge in [-0.1, -0.05) is 0 Å². The number of imidazole rings is 1. The number of thiazole rings is 2. The number of aromatic amines is 1. The van der Waals surface area contributed by atoms with E-state index in [1.807, 2.05) is 0 Å². The first-order valence-electron chi connectivity index (χ1n) is 9.82. The summed E-state index contributed by atoms with van der Waals surface area (Å²) in [7, 11) is 2.76. The summed E-state index contributed by atoms with van der Waals surface area (Å²) in [4.78, 5) is 48.6. The van der Waals surface area contributed by atoms with Gasteiger partial charge in [-0.3, -0.25) is 4.79 Å². The molecule has 0 saturated heterocycles. The number of carbonyl (C=O) groups is 2. The molecule has 0 aliphatic carbocycles. The third kappa shape index (κ3) is 4.70. The molecule has 3 N–H and O–H groups in total. The van der Waals surface area contributed by atoms with Crippen molar-refractivity contribution in [2.45, 2.75) is 12.5 Å². The molecule has 4 rings (SSSR count). The molecule has 1 aromatic carbocycles. The molecule has 0 bridgehead atoms. The van der Waals surface area contributed by atoms with Gasteiger partial charge in [-0.25, -0.2) is 24.1 Å². The van der Waals surface area contributed by atoms with E-state index >= 15 is 0 Å². The molecule has 1 amide bonds. The number of ether oxygens (including phenoxy) is 2. The topological polar surface area (TPSA) is 148 Å². The molecule has 0 aliphatic heterocycles. The van der Waals surface area contributed by atoms with Gasteiger partial charge in [0.15, 0.2) is 10.8 Å². The molecular formula is C21H19N5O6S2. The molecule has 0 aliphatic rings. The van der Waals surface area contributed by atoms with Crippen LogP contribution in [-0.4, -0.2) is 50.7 Å². The van der Waals surface area contributed by atoms with Crippen LogP contribution in [0.3, 0.4) is 0 Å². The second-order valence-electron chi connectivity index (χ2n) is 6.89. The van der Waals surface area contributed by atoms with Crippen molar-refractivity contribution in [1.29, 1.82) is 0 Å². The Morgan fingerprint density at radius 3 is 2.65 bits per heavy atom. The lowest BCUT2D eigenvalue weighted by molar-refractivity contribution is -0.119. The number of amides is 1. The molecule has 0 fully saturated rings. The second-order valence-corrected chi connectivity index (χ2v) is 8.73. The number of anilines is 1. The van der Waals surface area contributed by atoms with Gasteiger partial charge in [-0.15, -0.1) is 22.7 Å². The smallest absolute Gasteiger partial charge is 0.357 e. The maximum atomic E-state index is 13.2. The fourth-order valence-electron chi connectivity index (χ4n) is 3.23. The number of esters is 1. The molecule has 1 unspecified atom stereocenters. The SMILES string of the molecule is COC(=O)c1csc(NC(=O)C(Cc2nccs2)n2c(O)c(-c3ccc(OC)cc3)[nH]c2=O)n1. The number of nitrogens with one attached hydrogen (secondary N) is 2. The average molecular weight is 502 g/mol. The minimum absolute atomic E-state index is 0.0442. The lowest BCUT2D eigenvalue weighted by atomic mass is 10.1. The Morgan fingerprint density at radius 2 is 2.00 bits per heavy atom. The Bertz CT molecular complexity index is 1360. The number of hydrogen-bond acceptors (Lipinski definition) is 10. The highest BCUT2D eigenvalue weighted by Gasteiger charge is 2.29. The van der Waals surface area contributed by atoms with Gasteiger partial charge in [-0.05, 0) is 24.3 Å². The summed E-state index contributed by atoms with van der Waals surface area (Å²) in [6, 6.07) is 5.58. The summed E-state index contributed by atoms with van der Waals surface area (Å²) in [5, 5.41) is 17.5. The van der Waals surface area contributed by atoms with Crippen molar-refractivity contribution >= 4 is 39.7 Å². The van der Waals surface area contributed by atoms with Crippen LogP contribution in [0, 0.1) is 0 Å². The molecule has 11 nitrogen and oxygen atoms in total. The summed E-state index contributed by atoms with van der Waals surface area (Å²) in [6.45, 7) is 0. The normalized spacial score (nSPS) is 11.7. The number of nitrogens with zero attached hydrogens (tertiary/aromatic N) is 3. The molecule has 176 valence electrons. The van der Waals surface area contributed by atoms with E-state index in [0.29, 0.717) is 16.3 Å². The minimum Gasteiger partial charge on any atom is -0.497 e. The summed E-state index contributed by atoms with van der Waals surface area (Å²) >= 11 is 2.34. The summed E-state index contributed by atoms with van der Waals surface area (Å²) < 4.78 is 10.7. The molecule has 4 aromatic rings. The summed E-state index contributed by atoms with van der Waals surface area (Å²) in [6.07, 6.45) is 1.63. The number of carbonyl (C=O) groups excluding carboxylic acids is 2. The van der Waals surface area contributed by atoms with E-state index in [9.17, 15) is 19.5 Å². The molecule has 3 aromatic heterocycles. The third-order valence-electron chi connectivity index (χ3n) is 4.88. The monoisotopic (exact) mass is 501 g/mol. The average Bonchev–Trinajstić information content (AvgIpc) is 3.59. The minimum atomic E-state index is -1.15. The van der Waals surface area contributed by atoms with Gasteiger partial charge in [0.25, 0.3) is 0 Å². The molecule has 34 heavy (non-hydrogen) atoms. The van der Waals surface area contributed by atoms with Crippen LogP contribution < -0.4 is 15.7 Å². The van der Waals surface area contributed by atoms with Crippen LogP contribution in [-0.2, 0) is 16.0 Å². The molecule has 0 saturated carbocycles. The van der Waals surface area contributed by atoms with Crippen LogP contribution in [0.2, 0.25) is 0 Å². The van der Waals surface area contributed by atoms with Crippen molar-refractivity contribution in [3.05, 3.63) is 62.4 Å². The zero-order valence-corrected chi connectivity index (χ0v) is 19.6. The number of aromatic nitrogens is 4. The second kappa shape index (κ2) is 9.89. The van der Waals surface area contributed by atoms with Gasteiger partial charge >= 0.3 is 11.7 Å². The maximum Gasteiger partial charge on any atom is 0.357 e. The molecule has 13 heteroatoms. The largest absolute Gasteiger partial charge is 0.497 e. The number of methoxy groups -OCH3 is 2. The van der Waals surface area contributed by atoms with E-state index in [1.165, 1.54) is 30.9 Å². The quantitative estimate of drug-likeness (QED) is 0.312. The zero-order chi connectivity index (χ0) is 24.2. The molecule has 0 radical (unpaired) electrons. The Hall–Kier alpha value is -3.97. The van der Waals surface area contributed by atoms with E-state index in [1.54, 1.807) is 35.8 Å². The van der Waals surface area contributed by atoms with Crippen LogP contribution in [0.15, 0.2) is 46.0 Å². The van der Waals surface area contributed by atoms with Crippen LogP contribution in [0.5, 0.6) is 11.6 Å². The van der Waals surface area contributed by atoms with Crippen LogP contribution in [0.4, 0.5) is 5.13 Å². The first-order chi connectivity index (χ1) is 16.4. The lowest BCUT2D eigenvalue weighted by Crippen LogP contribution is -2.33.